The second-order valence-corrected chi connectivity index (χ2v) is 7.69. The van der Waals surface area contributed by atoms with E-state index in [1.54, 1.807) is 12.1 Å². The van der Waals surface area contributed by atoms with Gasteiger partial charge in [-0.2, -0.15) is 0 Å². The lowest BCUT2D eigenvalue weighted by Crippen LogP contribution is -2.69. The number of ether oxygens (including phenoxy) is 1. The smallest absolute Gasteiger partial charge is 0.191 e. The van der Waals surface area contributed by atoms with Crippen LogP contribution in [-0.2, 0) is 11.2 Å². The fraction of sp³-hybridized carbons (Fsp3) is 0.650. The number of nitrogens with one attached hydrogen (secondary N) is 2. The van der Waals surface area contributed by atoms with Crippen molar-refractivity contribution >= 4 is 5.96 Å². The molecule has 3 aliphatic rings. The van der Waals surface area contributed by atoms with Gasteiger partial charge in [-0.15, -0.1) is 0 Å². The largest absolute Gasteiger partial charge is 0.377 e. The number of rotatable bonds is 4. The minimum absolute atomic E-state index is 0.176. The van der Waals surface area contributed by atoms with E-state index in [4.69, 9.17) is 4.74 Å². The number of guanidine groups is 1. The summed E-state index contributed by atoms with van der Waals surface area (Å²) in [5, 5.41) is 7.09. The molecular weight excluding hydrogens is 317 g/mol. The second kappa shape index (κ2) is 6.94. The molecule has 3 fully saturated rings. The van der Waals surface area contributed by atoms with E-state index in [2.05, 4.69) is 15.6 Å². The van der Waals surface area contributed by atoms with E-state index in [0.29, 0.717) is 23.5 Å². The fourth-order valence-electron chi connectivity index (χ4n) is 5.26. The average Bonchev–Trinajstić information content (AvgIpc) is 3.26. The van der Waals surface area contributed by atoms with Gasteiger partial charge >= 0.3 is 0 Å². The molecule has 1 spiro atoms. The zero-order chi connectivity index (χ0) is 17.3. The van der Waals surface area contributed by atoms with Crippen molar-refractivity contribution in [1.29, 1.82) is 0 Å². The van der Waals surface area contributed by atoms with Gasteiger partial charge in [0.1, 0.15) is 5.82 Å². The highest BCUT2D eigenvalue weighted by Crippen LogP contribution is 2.60. The molecule has 4 nitrogen and oxygen atoms in total. The molecule has 2 saturated carbocycles. The first-order valence-corrected chi connectivity index (χ1v) is 9.56. The Balaban J connectivity index is 1.34. The molecule has 1 heterocycles. The Hall–Kier alpha value is -1.62. The number of hydrogen-bond acceptors (Lipinski definition) is 2. The lowest BCUT2D eigenvalue weighted by Gasteiger charge is -2.57. The van der Waals surface area contributed by atoms with Gasteiger partial charge in [0.05, 0.1) is 6.10 Å². The number of fused-ring (bicyclic) bond motifs is 2. The molecule has 1 aromatic carbocycles. The summed E-state index contributed by atoms with van der Waals surface area (Å²) in [6, 6.07) is 7.27. The van der Waals surface area contributed by atoms with Crippen molar-refractivity contribution in [2.24, 2.45) is 16.3 Å². The third-order valence-electron chi connectivity index (χ3n) is 6.40. The van der Waals surface area contributed by atoms with E-state index in [9.17, 15) is 4.39 Å². The van der Waals surface area contributed by atoms with Gasteiger partial charge in [0.2, 0.25) is 0 Å². The Labute approximate surface area is 149 Å². The van der Waals surface area contributed by atoms with Crippen LogP contribution in [0.2, 0.25) is 0 Å². The first-order chi connectivity index (χ1) is 12.2. The molecule has 0 amide bonds. The van der Waals surface area contributed by atoms with Crippen molar-refractivity contribution in [2.45, 2.75) is 50.7 Å². The Kier molecular flexibility index (Phi) is 4.67. The van der Waals surface area contributed by atoms with Crippen LogP contribution in [0.4, 0.5) is 4.39 Å². The van der Waals surface area contributed by atoms with Gasteiger partial charge in [-0.3, -0.25) is 4.99 Å². The zero-order valence-electron chi connectivity index (χ0n) is 14.9. The molecule has 136 valence electrons. The average molecular weight is 345 g/mol. The summed E-state index contributed by atoms with van der Waals surface area (Å²) in [5.41, 5.74) is 1.32. The minimum Gasteiger partial charge on any atom is -0.377 e. The maximum Gasteiger partial charge on any atom is 0.191 e. The molecule has 0 aromatic heterocycles. The molecule has 1 saturated heterocycles. The second-order valence-electron chi connectivity index (χ2n) is 7.69. The maximum atomic E-state index is 13.3. The number of benzene rings is 1. The minimum atomic E-state index is -0.176. The molecular formula is C20H28FN3O. The summed E-state index contributed by atoms with van der Waals surface area (Å²) in [6.07, 6.45) is 7.57. The van der Waals surface area contributed by atoms with Crippen LogP contribution in [0, 0.1) is 17.2 Å². The number of hydrogen-bond donors (Lipinski definition) is 2. The van der Waals surface area contributed by atoms with Crippen LogP contribution >= 0.6 is 0 Å². The van der Waals surface area contributed by atoms with Gasteiger partial charge in [-0.05, 0) is 43.4 Å². The molecule has 1 aromatic rings. The van der Waals surface area contributed by atoms with Gasteiger partial charge in [0.15, 0.2) is 5.96 Å². The van der Waals surface area contributed by atoms with E-state index < -0.39 is 0 Å². The summed E-state index contributed by atoms with van der Waals surface area (Å²) >= 11 is 0. The Morgan fingerprint density at radius 2 is 2.20 bits per heavy atom. The molecule has 0 bridgehead atoms. The standard InChI is InChI=1S/C20H28FN3O/c1-22-19(23-11-7-14-5-4-6-15(21)13-14)24-17-16-8-12-25-18(16)20(17)9-2-3-10-20/h4-6,13,16-18H,2-3,7-12H2,1H3,(H2,22,23,24). The highest BCUT2D eigenvalue weighted by Gasteiger charge is 2.65. The monoisotopic (exact) mass is 345 g/mol. The van der Waals surface area contributed by atoms with Crippen LogP contribution in [0.5, 0.6) is 0 Å². The van der Waals surface area contributed by atoms with Gasteiger partial charge in [0, 0.05) is 37.6 Å². The van der Waals surface area contributed by atoms with Crippen molar-refractivity contribution in [3.8, 4) is 0 Å². The van der Waals surface area contributed by atoms with E-state index in [1.165, 1.54) is 31.7 Å². The van der Waals surface area contributed by atoms with Gasteiger partial charge in [0.25, 0.3) is 0 Å². The van der Waals surface area contributed by atoms with Crippen LogP contribution in [0.1, 0.15) is 37.7 Å². The molecule has 5 heteroatoms. The molecule has 1 aliphatic heterocycles. The lowest BCUT2D eigenvalue weighted by molar-refractivity contribution is -0.125. The van der Waals surface area contributed by atoms with Crippen LogP contribution in [0.3, 0.4) is 0 Å². The third-order valence-corrected chi connectivity index (χ3v) is 6.40. The van der Waals surface area contributed by atoms with E-state index in [0.717, 1.165) is 37.5 Å². The fourth-order valence-corrected chi connectivity index (χ4v) is 5.26. The van der Waals surface area contributed by atoms with Crippen LogP contribution < -0.4 is 10.6 Å². The van der Waals surface area contributed by atoms with Crippen molar-refractivity contribution in [1.82, 2.24) is 10.6 Å². The molecule has 2 N–H and O–H groups in total. The molecule has 3 atom stereocenters. The molecule has 0 radical (unpaired) electrons. The number of halogens is 1. The van der Waals surface area contributed by atoms with Gasteiger partial charge < -0.3 is 15.4 Å². The first-order valence-electron chi connectivity index (χ1n) is 9.56. The van der Waals surface area contributed by atoms with Crippen molar-refractivity contribution in [3.63, 3.8) is 0 Å². The third kappa shape index (κ3) is 3.03. The molecule has 3 unspecified atom stereocenters. The molecule has 2 aliphatic carbocycles. The summed E-state index contributed by atoms with van der Waals surface area (Å²) in [7, 11) is 1.82. The SMILES string of the molecule is CN=C(NCCc1cccc(F)c1)NC1C2CCOC2C12CCCC2. The maximum absolute atomic E-state index is 13.3. The topological polar surface area (TPSA) is 45.7 Å². The predicted molar refractivity (Wildman–Crippen MR) is 97.1 cm³/mol. The quantitative estimate of drug-likeness (QED) is 0.651. The van der Waals surface area contributed by atoms with Crippen LogP contribution in [0.15, 0.2) is 29.3 Å². The molecule has 4 rings (SSSR count). The van der Waals surface area contributed by atoms with E-state index in [1.807, 2.05) is 13.1 Å². The summed E-state index contributed by atoms with van der Waals surface area (Å²) < 4.78 is 19.3. The van der Waals surface area contributed by atoms with Crippen molar-refractivity contribution in [3.05, 3.63) is 35.6 Å². The Morgan fingerprint density at radius 3 is 2.96 bits per heavy atom. The summed E-state index contributed by atoms with van der Waals surface area (Å²) in [5.74, 6) is 1.31. The van der Waals surface area contributed by atoms with Gasteiger partial charge in [-0.1, -0.05) is 25.0 Å². The van der Waals surface area contributed by atoms with Crippen LogP contribution in [-0.4, -0.2) is 38.3 Å². The summed E-state index contributed by atoms with van der Waals surface area (Å²) in [4.78, 5) is 4.41. The highest BCUT2D eigenvalue weighted by atomic mass is 19.1. The normalized spacial score (nSPS) is 30.2. The first kappa shape index (κ1) is 16.8. The lowest BCUT2D eigenvalue weighted by atomic mass is 9.54. The van der Waals surface area contributed by atoms with Gasteiger partial charge in [-0.25, -0.2) is 4.39 Å². The van der Waals surface area contributed by atoms with E-state index >= 15 is 0 Å². The highest BCUT2D eigenvalue weighted by molar-refractivity contribution is 5.80. The summed E-state index contributed by atoms with van der Waals surface area (Å²) in [6.45, 7) is 1.65. The van der Waals surface area contributed by atoms with Crippen molar-refractivity contribution in [2.75, 3.05) is 20.2 Å². The zero-order valence-corrected chi connectivity index (χ0v) is 14.9. The Bertz CT molecular complexity index is 642. The number of aliphatic imine (C=N–C) groups is 1. The molecule has 25 heavy (non-hydrogen) atoms. The number of nitrogens with zero attached hydrogens (tertiary/aromatic N) is 1. The van der Waals surface area contributed by atoms with E-state index in [-0.39, 0.29) is 5.82 Å². The predicted octanol–water partition coefficient (Wildman–Crippen LogP) is 2.88. The van der Waals surface area contributed by atoms with Crippen molar-refractivity contribution < 1.29 is 9.13 Å². The Morgan fingerprint density at radius 1 is 1.36 bits per heavy atom. The van der Waals surface area contributed by atoms with Crippen LogP contribution in [0.25, 0.3) is 0 Å².